The van der Waals surface area contributed by atoms with Gasteiger partial charge in [-0.25, -0.2) is 0 Å². The Labute approximate surface area is 119 Å². The van der Waals surface area contributed by atoms with Crippen LogP contribution in [0.25, 0.3) is 0 Å². The minimum atomic E-state index is -1.03. The minimum absolute atomic E-state index is 0.00352. The van der Waals surface area contributed by atoms with Gasteiger partial charge in [0.1, 0.15) is 6.54 Å². The van der Waals surface area contributed by atoms with Crippen LogP contribution in [-0.4, -0.2) is 58.4 Å². The smallest absolute Gasteiger partial charge is 0.323 e. The predicted molar refractivity (Wildman–Crippen MR) is 74.1 cm³/mol. The summed E-state index contributed by atoms with van der Waals surface area (Å²) in [5.74, 6) is -1.31. The van der Waals surface area contributed by atoms with Gasteiger partial charge in [-0.1, -0.05) is 13.3 Å². The van der Waals surface area contributed by atoms with E-state index in [4.69, 9.17) is 5.11 Å². The number of likely N-dealkylation sites (tertiary alicyclic amines) is 1. The van der Waals surface area contributed by atoms with Crippen molar-refractivity contribution in [3.8, 4) is 0 Å². The van der Waals surface area contributed by atoms with Crippen molar-refractivity contribution in [1.82, 2.24) is 9.80 Å². The zero-order valence-electron chi connectivity index (χ0n) is 12.3. The minimum Gasteiger partial charge on any atom is -0.480 e. The topological polar surface area (TPSA) is 77.9 Å². The monoisotopic (exact) mass is 284 g/mol. The zero-order valence-corrected chi connectivity index (χ0v) is 12.3. The number of amides is 2. The standard InChI is InChI=1S/C14H24N2O4/c1-3-11(2)16(10-14(19)20)13(18)9-15-8-6-4-5-7-12(15)17/h11H,3-10H2,1-2H3,(H,19,20). The molecule has 0 saturated carbocycles. The molecule has 6 heteroatoms. The summed E-state index contributed by atoms with van der Waals surface area (Å²) in [6, 6.07) is -0.138. The number of carboxylic acids is 1. The van der Waals surface area contributed by atoms with Crippen molar-refractivity contribution in [3.63, 3.8) is 0 Å². The van der Waals surface area contributed by atoms with Gasteiger partial charge in [0, 0.05) is 19.0 Å². The van der Waals surface area contributed by atoms with Crippen molar-refractivity contribution in [2.24, 2.45) is 0 Å². The van der Waals surface area contributed by atoms with E-state index in [0.29, 0.717) is 19.4 Å². The third kappa shape index (κ3) is 4.83. The lowest BCUT2D eigenvalue weighted by Gasteiger charge is -2.30. The van der Waals surface area contributed by atoms with Gasteiger partial charge in [0.25, 0.3) is 0 Å². The first-order valence-electron chi connectivity index (χ1n) is 7.24. The summed E-state index contributed by atoms with van der Waals surface area (Å²) < 4.78 is 0. The molecule has 6 nitrogen and oxygen atoms in total. The van der Waals surface area contributed by atoms with Crippen molar-refractivity contribution in [2.75, 3.05) is 19.6 Å². The molecule has 2 amide bonds. The number of nitrogens with zero attached hydrogens (tertiary/aromatic N) is 2. The highest BCUT2D eigenvalue weighted by Crippen LogP contribution is 2.12. The van der Waals surface area contributed by atoms with Gasteiger partial charge in [0.2, 0.25) is 11.8 Å². The van der Waals surface area contributed by atoms with E-state index < -0.39 is 5.97 Å². The van der Waals surface area contributed by atoms with Crippen LogP contribution in [0.15, 0.2) is 0 Å². The van der Waals surface area contributed by atoms with E-state index in [2.05, 4.69) is 0 Å². The molecule has 114 valence electrons. The highest BCUT2D eigenvalue weighted by Gasteiger charge is 2.26. The fraction of sp³-hybridized carbons (Fsp3) is 0.786. The van der Waals surface area contributed by atoms with Gasteiger partial charge in [0.05, 0.1) is 6.54 Å². The Bertz CT molecular complexity index is 370. The summed E-state index contributed by atoms with van der Waals surface area (Å²) >= 11 is 0. The fourth-order valence-corrected chi connectivity index (χ4v) is 2.32. The maximum absolute atomic E-state index is 12.3. The van der Waals surface area contributed by atoms with Crippen LogP contribution in [0.5, 0.6) is 0 Å². The highest BCUT2D eigenvalue weighted by molar-refractivity contribution is 5.87. The third-order valence-corrected chi connectivity index (χ3v) is 3.75. The average Bonchev–Trinajstić information content (AvgIpc) is 2.60. The molecule has 0 bridgehead atoms. The van der Waals surface area contributed by atoms with Crippen LogP contribution in [-0.2, 0) is 14.4 Å². The van der Waals surface area contributed by atoms with Crippen LogP contribution >= 0.6 is 0 Å². The Balaban J connectivity index is 2.68. The zero-order chi connectivity index (χ0) is 15.1. The van der Waals surface area contributed by atoms with Crippen LogP contribution in [0, 0.1) is 0 Å². The van der Waals surface area contributed by atoms with Crippen molar-refractivity contribution in [3.05, 3.63) is 0 Å². The first-order chi connectivity index (χ1) is 9.45. The quantitative estimate of drug-likeness (QED) is 0.792. The number of hydrogen-bond donors (Lipinski definition) is 1. The molecule has 1 heterocycles. The normalized spacial score (nSPS) is 17.5. The number of carboxylic acid groups (broad SMARTS) is 1. The lowest BCUT2D eigenvalue weighted by molar-refractivity contribution is -0.148. The SMILES string of the molecule is CCC(C)N(CC(=O)O)C(=O)CN1CCCCCC1=O. The van der Waals surface area contributed by atoms with Gasteiger partial charge in [-0.3, -0.25) is 14.4 Å². The van der Waals surface area contributed by atoms with Crippen LogP contribution in [0.3, 0.4) is 0 Å². The number of rotatable bonds is 6. The molecule has 1 rings (SSSR count). The van der Waals surface area contributed by atoms with E-state index >= 15 is 0 Å². The van der Waals surface area contributed by atoms with Gasteiger partial charge < -0.3 is 14.9 Å². The molecule has 1 fully saturated rings. The van der Waals surface area contributed by atoms with Crippen LogP contribution in [0.2, 0.25) is 0 Å². The molecule has 0 aromatic rings. The summed E-state index contributed by atoms with van der Waals surface area (Å²) in [6.07, 6.45) is 3.94. The maximum Gasteiger partial charge on any atom is 0.323 e. The second kappa shape index (κ2) is 7.87. The second-order valence-corrected chi connectivity index (χ2v) is 5.30. The van der Waals surface area contributed by atoms with Crippen molar-refractivity contribution in [1.29, 1.82) is 0 Å². The molecular formula is C14H24N2O4. The molecule has 1 unspecified atom stereocenters. The summed E-state index contributed by atoms with van der Waals surface area (Å²) in [6.45, 7) is 4.01. The molecular weight excluding hydrogens is 260 g/mol. The molecule has 0 spiro atoms. The number of aliphatic carboxylic acids is 1. The first kappa shape index (κ1) is 16.5. The van der Waals surface area contributed by atoms with Gasteiger partial charge in [0.15, 0.2) is 0 Å². The largest absolute Gasteiger partial charge is 0.480 e. The van der Waals surface area contributed by atoms with E-state index in [9.17, 15) is 14.4 Å². The number of carbonyl (C=O) groups excluding carboxylic acids is 2. The van der Waals surface area contributed by atoms with Gasteiger partial charge in [-0.15, -0.1) is 0 Å². The molecule has 0 aliphatic carbocycles. The van der Waals surface area contributed by atoms with Gasteiger partial charge >= 0.3 is 5.97 Å². The first-order valence-corrected chi connectivity index (χ1v) is 7.24. The van der Waals surface area contributed by atoms with E-state index in [1.54, 1.807) is 4.90 Å². The molecule has 20 heavy (non-hydrogen) atoms. The fourth-order valence-electron chi connectivity index (χ4n) is 2.32. The van der Waals surface area contributed by atoms with E-state index in [1.807, 2.05) is 13.8 Å². The van der Waals surface area contributed by atoms with E-state index in [-0.39, 0.29) is 30.9 Å². The second-order valence-electron chi connectivity index (χ2n) is 5.30. The lowest BCUT2D eigenvalue weighted by Crippen LogP contribution is -2.48. The van der Waals surface area contributed by atoms with Gasteiger partial charge in [-0.05, 0) is 26.2 Å². The van der Waals surface area contributed by atoms with Crippen LogP contribution in [0.1, 0.15) is 46.0 Å². The summed E-state index contributed by atoms with van der Waals surface area (Å²) in [7, 11) is 0. The molecule has 1 aliphatic heterocycles. The molecule has 0 aromatic heterocycles. The Morgan fingerprint density at radius 2 is 2.05 bits per heavy atom. The Morgan fingerprint density at radius 3 is 2.65 bits per heavy atom. The third-order valence-electron chi connectivity index (χ3n) is 3.75. The predicted octanol–water partition coefficient (Wildman–Crippen LogP) is 1.10. The number of carbonyl (C=O) groups is 3. The maximum atomic E-state index is 12.3. The lowest BCUT2D eigenvalue weighted by atomic mass is 10.2. The van der Waals surface area contributed by atoms with Crippen molar-refractivity contribution in [2.45, 2.75) is 52.0 Å². The van der Waals surface area contributed by atoms with E-state index in [1.165, 1.54) is 4.90 Å². The molecule has 0 radical (unpaired) electrons. The summed E-state index contributed by atoms with van der Waals surface area (Å²) in [4.78, 5) is 37.9. The van der Waals surface area contributed by atoms with Crippen LogP contribution < -0.4 is 0 Å². The Hall–Kier alpha value is -1.59. The van der Waals surface area contributed by atoms with Crippen LogP contribution in [0.4, 0.5) is 0 Å². The highest BCUT2D eigenvalue weighted by atomic mass is 16.4. The molecule has 1 aliphatic rings. The van der Waals surface area contributed by atoms with Gasteiger partial charge in [-0.2, -0.15) is 0 Å². The Morgan fingerprint density at radius 1 is 1.35 bits per heavy atom. The molecule has 0 aromatic carbocycles. The number of hydrogen-bond acceptors (Lipinski definition) is 3. The van der Waals surface area contributed by atoms with Crippen molar-refractivity contribution < 1.29 is 19.5 Å². The molecule has 1 atom stereocenters. The molecule has 1 saturated heterocycles. The average molecular weight is 284 g/mol. The molecule has 1 N–H and O–H groups in total. The van der Waals surface area contributed by atoms with E-state index in [0.717, 1.165) is 19.3 Å². The summed E-state index contributed by atoms with van der Waals surface area (Å²) in [5.41, 5.74) is 0. The Kier molecular flexibility index (Phi) is 6.48. The summed E-state index contributed by atoms with van der Waals surface area (Å²) in [5, 5.41) is 8.91. The van der Waals surface area contributed by atoms with Crippen molar-refractivity contribution >= 4 is 17.8 Å².